The number of amides is 2. The number of carbonyl (C=O) groups is 3. The van der Waals surface area contributed by atoms with Crippen molar-refractivity contribution < 1.29 is 23.9 Å². The van der Waals surface area contributed by atoms with Crippen LogP contribution >= 0.6 is 46.5 Å². The zero-order chi connectivity index (χ0) is 29.4. The van der Waals surface area contributed by atoms with Gasteiger partial charge in [-0.25, -0.2) is 9.78 Å². The molecular weight excluding hydrogens is 607 g/mol. The van der Waals surface area contributed by atoms with Gasteiger partial charge in [-0.05, 0) is 30.2 Å². The smallest absolute Gasteiger partial charge is 0.328 e. The summed E-state index contributed by atoms with van der Waals surface area (Å²) < 4.78 is 13.3. The molecule has 1 aromatic heterocycles. The van der Waals surface area contributed by atoms with Gasteiger partial charge in [0.25, 0.3) is 5.91 Å². The van der Waals surface area contributed by atoms with Gasteiger partial charge in [0.05, 0.1) is 29.3 Å². The molecule has 1 N–H and O–H groups in total. The molecule has 0 bridgehead atoms. The third-order valence-electron chi connectivity index (χ3n) is 6.16. The Bertz CT molecular complexity index is 1360. The SMILES string of the molecule is CC(=O)N(C[C@@H]1CN(Cc2ccc(Cl)c(Cl)c2)CCO1)Sc1nc(C(=O)N[C@@H](C)C(=O)OCc2ccccc2)cs1. The molecular formula is C28H30Cl2N4O5S2. The monoisotopic (exact) mass is 636 g/mol. The molecule has 0 radical (unpaired) electrons. The molecule has 0 spiro atoms. The Hall–Kier alpha value is -2.67. The van der Waals surface area contributed by atoms with Crippen LogP contribution in [-0.2, 0) is 32.2 Å². The number of morpholine rings is 1. The second-order valence-corrected chi connectivity index (χ2v) is 12.4. The van der Waals surface area contributed by atoms with E-state index < -0.39 is 17.9 Å². The fourth-order valence-electron chi connectivity index (χ4n) is 4.03. The van der Waals surface area contributed by atoms with E-state index in [1.54, 1.807) is 22.7 Å². The number of thiazole rings is 1. The van der Waals surface area contributed by atoms with Gasteiger partial charge < -0.3 is 14.8 Å². The van der Waals surface area contributed by atoms with E-state index in [1.807, 2.05) is 42.5 Å². The lowest BCUT2D eigenvalue weighted by Crippen LogP contribution is -2.46. The third kappa shape index (κ3) is 9.42. The van der Waals surface area contributed by atoms with Crippen molar-refractivity contribution in [1.29, 1.82) is 0 Å². The maximum absolute atomic E-state index is 12.7. The van der Waals surface area contributed by atoms with E-state index in [9.17, 15) is 14.4 Å². The average molecular weight is 638 g/mol. The van der Waals surface area contributed by atoms with E-state index in [1.165, 1.54) is 18.3 Å². The highest BCUT2D eigenvalue weighted by Crippen LogP contribution is 2.28. The van der Waals surface area contributed by atoms with Gasteiger partial charge in [0.15, 0.2) is 4.34 Å². The van der Waals surface area contributed by atoms with Crippen molar-refractivity contribution in [3.8, 4) is 0 Å². The van der Waals surface area contributed by atoms with E-state index in [0.717, 1.165) is 29.6 Å². The average Bonchev–Trinajstić information content (AvgIpc) is 3.43. The molecule has 0 aliphatic carbocycles. The second kappa shape index (κ2) is 15.0. The standard InChI is InChI=1S/C28H30Cl2N4O5S2/c1-18(27(37)39-16-20-6-4-3-5-7-20)31-26(36)25-17-40-28(32-25)41-34(19(2)35)15-22-14-33(10-11-38-22)13-21-8-9-23(29)24(30)12-21/h3-9,12,17-18,22H,10-11,13-16H2,1-2H3,(H,31,36)/t18-,22-/m0/s1. The van der Waals surface area contributed by atoms with E-state index in [2.05, 4.69) is 15.2 Å². The summed E-state index contributed by atoms with van der Waals surface area (Å²) in [7, 11) is 0. The van der Waals surface area contributed by atoms with Gasteiger partial charge in [-0.2, -0.15) is 0 Å². The molecule has 1 aliphatic rings. The molecule has 4 rings (SSSR count). The Morgan fingerprint density at radius 1 is 1.20 bits per heavy atom. The maximum Gasteiger partial charge on any atom is 0.328 e. The summed E-state index contributed by atoms with van der Waals surface area (Å²) in [5, 5.41) is 5.24. The Morgan fingerprint density at radius 3 is 2.71 bits per heavy atom. The number of ether oxygens (including phenoxy) is 2. The summed E-state index contributed by atoms with van der Waals surface area (Å²) in [6, 6.07) is 14.0. The first-order chi connectivity index (χ1) is 19.7. The number of rotatable bonds is 11. The van der Waals surface area contributed by atoms with Gasteiger partial charge in [-0.15, -0.1) is 11.3 Å². The van der Waals surface area contributed by atoms with Gasteiger partial charge >= 0.3 is 5.97 Å². The van der Waals surface area contributed by atoms with Crippen LogP contribution in [0.25, 0.3) is 0 Å². The Labute approximate surface area is 257 Å². The molecule has 2 heterocycles. The van der Waals surface area contributed by atoms with Crippen LogP contribution in [0.5, 0.6) is 0 Å². The predicted octanol–water partition coefficient (Wildman–Crippen LogP) is 5.07. The molecule has 9 nitrogen and oxygen atoms in total. The summed E-state index contributed by atoms with van der Waals surface area (Å²) >= 11 is 14.6. The molecule has 0 saturated carbocycles. The summed E-state index contributed by atoms with van der Waals surface area (Å²) in [5.74, 6) is -1.20. The number of aromatic nitrogens is 1. The van der Waals surface area contributed by atoms with Crippen molar-refractivity contribution in [2.75, 3.05) is 26.2 Å². The van der Waals surface area contributed by atoms with Crippen LogP contribution in [0.4, 0.5) is 0 Å². The van der Waals surface area contributed by atoms with E-state index >= 15 is 0 Å². The summed E-state index contributed by atoms with van der Waals surface area (Å²) in [6.45, 7) is 6.12. The zero-order valence-electron chi connectivity index (χ0n) is 22.5. The van der Waals surface area contributed by atoms with Crippen molar-refractivity contribution in [3.63, 3.8) is 0 Å². The second-order valence-electron chi connectivity index (χ2n) is 9.43. The Morgan fingerprint density at radius 2 is 1.98 bits per heavy atom. The highest BCUT2D eigenvalue weighted by molar-refractivity contribution is 7.99. The molecule has 1 fully saturated rings. The number of hydrogen-bond donors (Lipinski definition) is 1. The molecule has 2 atom stereocenters. The predicted molar refractivity (Wildman–Crippen MR) is 160 cm³/mol. The number of carbonyl (C=O) groups excluding carboxylic acids is 3. The minimum Gasteiger partial charge on any atom is -0.459 e. The molecule has 3 aromatic rings. The van der Waals surface area contributed by atoms with Gasteiger partial charge in [0.2, 0.25) is 5.91 Å². The number of hydrogen-bond acceptors (Lipinski definition) is 9. The van der Waals surface area contributed by atoms with Gasteiger partial charge in [-0.1, -0.05) is 59.6 Å². The molecule has 1 saturated heterocycles. The molecule has 2 amide bonds. The lowest BCUT2D eigenvalue weighted by Gasteiger charge is -2.35. The van der Waals surface area contributed by atoms with Crippen molar-refractivity contribution >= 4 is 64.3 Å². The first kappa shape index (κ1) is 31.3. The zero-order valence-corrected chi connectivity index (χ0v) is 25.7. The van der Waals surface area contributed by atoms with Crippen molar-refractivity contribution in [2.24, 2.45) is 0 Å². The highest BCUT2D eigenvalue weighted by Gasteiger charge is 2.26. The lowest BCUT2D eigenvalue weighted by atomic mass is 10.2. The lowest BCUT2D eigenvalue weighted by molar-refractivity contribution is -0.146. The minimum absolute atomic E-state index is 0.121. The van der Waals surface area contributed by atoms with Crippen LogP contribution in [0.1, 0.15) is 35.5 Å². The normalized spacial score (nSPS) is 16.1. The van der Waals surface area contributed by atoms with Crippen LogP contribution in [0.2, 0.25) is 10.0 Å². The van der Waals surface area contributed by atoms with Crippen molar-refractivity contribution in [1.82, 2.24) is 19.5 Å². The molecule has 13 heteroatoms. The topological polar surface area (TPSA) is 101 Å². The summed E-state index contributed by atoms with van der Waals surface area (Å²) in [4.78, 5) is 44.1. The number of halogens is 2. The van der Waals surface area contributed by atoms with Crippen LogP contribution in [-0.4, -0.2) is 70.4 Å². The molecule has 0 unspecified atom stereocenters. The largest absolute Gasteiger partial charge is 0.459 e. The van der Waals surface area contributed by atoms with Crippen LogP contribution in [0, 0.1) is 0 Å². The quantitative estimate of drug-likeness (QED) is 0.230. The highest BCUT2D eigenvalue weighted by atomic mass is 35.5. The van der Waals surface area contributed by atoms with E-state index in [4.69, 9.17) is 32.7 Å². The van der Waals surface area contributed by atoms with Crippen LogP contribution < -0.4 is 5.32 Å². The minimum atomic E-state index is -0.854. The number of esters is 1. The summed E-state index contributed by atoms with van der Waals surface area (Å²) in [5.41, 5.74) is 2.06. The fourth-order valence-corrected chi connectivity index (χ4v) is 6.15. The van der Waals surface area contributed by atoms with Gasteiger partial charge in [0.1, 0.15) is 18.3 Å². The van der Waals surface area contributed by atoms with Crippen LogP contribution in [0.3, 0.4) is 0 Å². The molecule has 41 heavy (non-hydrogen) atoms. The molecule has 1 aliphatic heterocycles. The third-order valence-corrected chi connectivity index (χ3v) is 8.92. The number of nitrogens with one attached hydrogen (secondary N) is 1. The maximum atomic E-state index is 12.7. The number of benzene rings is 2. The van der Waals surface area contributed by atoms with E-state index in [-0.39, 0.29) is 24.3 Å². The van der Waals surface area contributed by atoms with E-state index in [0.29, 0.717) is 40.6 Å². The Kier molecular flexibility index (Phi) is 11.4. The summed E-state index contributed by atoms with van der Waals surface area (Å²) in [6.07, 6.45) is -0.201. The molecule has 2 aromatic carbocycles. The van der Waals surface area contributed by atoms with Gasteiger partial charge in [-0.3, -0.25) is 18.8 Å². The van der Waals surface area contributed by atoms with Crippen molar-refractivity contribution in [3.05, 3.63) is 80.8 Å². The van der Waals surface area contributed by atoms with Gasteiger partial charge in [0, 0.05) is 43.9 Å². The fraction of sp³-hybridized carbons (Fsp3) is 0.357. The number of nitrogens with zero attached hydrogens (tertiary/aromatic N) is 3. The molecule has 218 valence electrons. The first-order valence-corrected chi connectivity index (χ1v) is 15.3. The first-order valence-electron chi connectivity index (χ1n) is 12.9. The van der Waals surface area contributed by atoms with Crippen LogP contribution in [0.15, 0.2) is 58.3 Å². The van der Waals surface area contributed by atoms with Crippen molar-refractivity contribution in [2.45, 2.75) is 43.5 Å². The Balaban J connectivity index is 1.27.